The van der Waals surface area contributed by atoms with E-state index in [1.54, 1.807) is 26.5 Å². The van der Waals surface area contributed by atoms with Gasteiger partial charge in [-0.1, -0.05) is 18.2 Å². The molecule has 0 aliphatic carbocycles. The van der Waals surface area contributed by atoms with Gasteiger partial charge in [0.25, 0.3) is 0 Å². The summed E-state index contributed by atoms with van der Waals surface area (Å²) in [5.41, 5.74) is 4.92. The number of hydrogen-bond donors (Lipinski definition) is 1. The molecule has 6 nitrogen and oxygen atoms in total. The van der Waals surface area contributed by atoms with E-state index in [1.807, 2.05) is 49.4 Å². The highest BCUT2D eigenvalue weighted by atomic mass is 32.2. The summed E-state index contributed by atoms with van der Waals surface area (Å²) in [5.74, 6) is 1.38. The second-order valence-corrected chi connectivity index (χ2v) is 6.94. The number of rotatable bonds is 7. The first-order chi connectivity index (χ1) is 13.6. The van der Waals surface area contributed by atoms with Crippen molar-refractivity contribution in [1.82, 2.24) is 10.4 Å². The lowest BCUT2D eigenvalue weighted by atomic mass is 10.1. The maximum absolute atomic E-state index is 12.2. The second kappa shape index (κ2) is 9.23. The Labute approximate surface area is 168 Å². The van der Waals surface area contributed by atoms with Crippen molar-refractivity contribution in [2.45, 2.75) is 11.8 Å². The number of carbonyl (C=O) groups excluding carboxylic acids is 1. The number of hydrogen-bond acceptors (Lipinski definition) is 6. The Morgan fingerprint density at radius 3 is 2.75 bits per heavy atom. The van der Waals surface area contributed by atoms with Crippen LogP contribution < -0.4 is 14.9 Å². The van der Waals surface area contributed by atoms with Crippen molar-refractivity contribution < 1.29 is 14.3 Å². The lowest BCUT2D eigenvalue weighted by molar-refractivity contribution is -0.118. The minimum Gasteiger partial charge on any atom is -0.497 e. The zero-order valence-corrected chi connectivity index (χ0v) is 16.7. The summed E-state index contributed by atoms with van der Waals surface area (Å²) in [6, 6.07) is 15.3. The van der Waals surface area contributed by atoms with Crippen molar-refractivity contribution >= 4 is 34.3 Å². The minimum atomic E-state index is -0.190. The average molecular weight is 395 g/mol. The lowest BCUT2D eigenvalue weighted by Crippen LogP contribution is -2.21. The zero-order chi connectivity index (χ0) is 19.9. The number of carbonyl (C=O) groups is 1. The van der Waals surface area contributed by atoms with E-state index in [2.05, 4.69) is 15.5 Å². The summed E-state index contributed by atoms with van der Waals surface area (Å²) < 4.78 is 10.6. The second-order valence-electron chi connectivity index (χ2n) is 5.92. The minimum absolute atomic E-state index is 0.190. The number of pyridine rings is 1. The molecule has 0 radical (unpaired) electrons. The normalized spacial score (nSPS) is 11.3. The number of ether oxygens (including phenoxy) is 2. The SMILES string of the molecule is COc1ccc(/C(C)=N\NC(=O)CSc2cccc3cccnc23)c(OC)c1. The van der Waals surface area contributed by atoms with Gasteiger partial charge in [0, 0.05) is 28.1 Å². The van der Waals surface area contributed by atoms with Crippen molar-refractivity contribution in [3.05, 3.63) is 60.3 Å². The molecule has 0 saturated heterocycles. The van der Waals surface area contributed by atoms with E-state index >= 15 is 0 Å². The Balaban J connectivity index is 1.65. The van der Waals surface area contributed by atoms with Crippen LogP contribution in [0, 0.1) is 0 Å². The Kier molecular flexibility index (Phi) is 6.49. The van der Waals surface area contributed by atoms with Crippen LogP contribution in [0.5, 0.6) is 11.5 Å². The molecule has 1 heterocycles. The highest BCUT2D eigenvalue weighted by molar-refractivity contribution is 8.00. The molecule has 0 fully saturated rings. The Hall–Kier alpha value is -3.06. The van der Waals surface area contributed by atoms with Crippen LogP contribution >= 0.6 is 11.8 Å². The monoisotopic (exact) mass is 395 g/mol. The summed E-state index contributed by atoms with van der Waals surface area (Å²) in [7, 11) is 3.18. The molecule has 1 N–H and O–H groups in total. The molecular formula is C21H21N3O3S. The van der Waals surface area contributed by atoms with Gasteiger partial charge in [0.05, 0.1) is 31.2 Å². The van der Waals surface area contributed by atoms with Gasteiger partial charge in [-0.25, -0.2) is 5.43 Å². The van der Waals surface area contributed by atoms with E-state index in [1.165, 1.54) is 11.8 Å². The molecule has 0 spiro atoms. The molecule has 0 aliphatic heterocycles. The fourth-order valence-corrected chi connectivity index (χ4v) is 3.51. The molecule has 1 amide bonds. The number of aromatic nitrogens is 1. The van der Waals surface area contributed by atoms with Crippen LogP contribution in [0.2, 0.25) is 0 Å². The Bertz CT molecular complexity index is 1020. The largest absolute Gasteiger partial charge is 0.497 e. The van der Waals surface area contributed by atoms with Crippen LogP contribution in [0.3, 0.4) is 0 Å². The molecule has 0 aliphatic rings. The molecule has 0 saturated carbocycles. The highest BCUT2D eigenvalue weighted by Gasteiger charge is 2.10. The Morgan fingerprint density at radius 2 is 1.96 bits per heavy atom. The number of benzene rings is 2. The summed E-state index contributed by atoms with van der Waals surface area (Å²) in [6.45, 7) is 1.81. The number of para-hydroxylation sites is 1. The number of hydrazone groups is 1. The quantitative estimate of drug-likeness (QED) is 0.373. The standard InChI is InChI=1S/C21H21N3O3S/c1-14(17-10-9-16(26-2)12-18(17)27-3)23-24-20(25)13-28-19-8-4-6-15-7-5-11-22-21(15)19/h4-12H,13H2,1-3H3,(H,24,25)/b23-14-. The predicted octanol–water partition coefficient (Wildman–Crippen LogP) is 3.88. The van der Waals surface area contributed by atoms with Crippen molar-refractivity contribution in [2.24, 2.45) is 5.10 Å². The molecule has 3 aromatic rings. The third-order valence-electron chi connectivity index (χ3n) is 4.10. The average Bonchev–Trinajstić information content (AvgIpc) is 2.75. The van der Waals surface area contributed by atoms with E-state index in [9.17, 15) is 4.79 Å². The van der Waals surface area contributed by atoms with Gasteiger partial charge in [-0.2, -0.15) is 5.10 Å². The van der Waals surface area contributed by atoms with Gasteiger partial charge < -0.3 is 9.47 Å². The number of amides is 1. The molecule has 3 rings (SSSR count). The number of fused-ring (bicyclic) bond motifs is 1. The summed E-state index contributed by atoms with van der Waals surface area (Å²) >= 11 is 1.43. The van der Waals surface area contributed by atoms with Crippen LogP contribution in [0.15, 0.2) is 64.7 Å². The number of nitrogens with one attached hydrogen (secondary N) is 1. The van der Waals surface area contributed by atoms with Gasteiger partial charge in [-0.05, 0) is 31.2 Å². The van der Waals surface area contributed by atoms with Gasteiger partial charge in [0.1, 0.15) is 11.5 Å². The van der Waals surface area contributed by atoms with Gasteiger partial charge in [-0.3, -0.25) is 9.78 Å². The van der Waals surface area contributed by atoms with Gasteiger partial charge in [0.2, 0.25) is 5.91 Å². The highest BCUT2D eigenvalue weighted by Crippen LogP contribution is 2.26. The van der Waals surface area contributed by atoms with Crippen molar-refractivity contribution in [1.29, 1.82) is 0 Å². The molecule has 0 unspecified atom stereocenters. The third-order valence-corrected chi connectivity index (χ3v) is 5.15. The first-order valence-corrected chi connectivity index (χ1v) is 9.63. The molecule has 2 aromatic carbocycles. The van der Waals surface area contributed by atoms with Crippen molar-refractivity contribution in [3.63, 3.8) is 0 Å². The first kappa shape index (κ1) is 19.7. The van der Waals surface area contributed by atoms with E-state index < -0.39 is 0 Å². The lowest BCUT2D eigenvalue weighted by Gasteiger charge is -2.10. The molecule has 28 heavy (non-hydrogen) atoms. The predicted molar refractivity (Wildman–Crippen MR) is 112 cm³/mol. The summed E-state index contributed by atoms with van der Waals surface area (Å²) in [6.07, 6.45) is 1.75. The van der Waals surface area contributed by atoms with E-state index in [-0.39, 0.29) is 11.7 Å². The van der Waals surface area contributed by atoms with Crippen LogP contribution in [0.25, 0.3) is 10.9 Å². The molecule has 0 atom stereocenters. The molecular weight excluding hydrogens is 374 g/mol. The maximum Gasteiger partial charge on any atom is 0.250 e. The van der Waals surface area contributed by atoms with Gasteiger partial charge in [0.15, 0.2) is 0 Å². The van der Waals surface area contributed by atoms with E-state index in [4.69, 9.17) is 9.47 Å². The van der Waals surface area contributed by atoms with Crippen LogP contribution in [-0.2, 0) is 4.79 Å². The van der Waals surface area contributed by atoms with Crippen molar-refractivity contribution in [2.75, 3.05) is 20.0 Å². The smallest absolute Gasteiger partial charge is 0.250 e. The van der Waals surface area contributed by atoms with Crippen LogP contribution in [-0.4, -0.2) is 36.6 Å². The summed E-state index contributed by atoms with van der Waals surface area (Å²) in [4.78, 5) is 17.6. The third kappa shape index (κ3) is 4.61. The van der Waals surface area contributed by atoms with E-state index in [0.29, 0.717) is 17.2 Å². The molecule has 1 aromatic heterocycles. The molecule has 144 valence electrons. The number of nitrogens with zero attached hydrogens (tertiary/aromatic N) is 2. The number of methoxy groups -OCH3 is 2. The zero-order valence-electron chi connectivity index (χ0n) is 15.9. The van der Waals surface area contributed by atoms with E-state index in [0.717, 1.165) is 21.4 Å². The van der Waals surface area contributed by atoms with Crippen molar-refractivity contribution in [3.8, 4) is 11.5 Å². The van der Waals surface area contributed by atoms with Gasteiger partial charge in [-0.15, -0.1) is 11.8 Å². The van der Waals surface area contributed by atoms with Crippen LogP contribution in [0.1, 0.15) is 12.5 Å². The maximum atomic E-state index is 12.2. The van der Waals surface area contributed by atoms with Crippen LogP contribution in [0.4, 0.5) is 0 Å². The topological polar surface area (TPSA) is 72.8 Å². The Morgan fingerprint density at radius 1 is 1.14 bits per heavy atom. The first-order valence-electron chi connectivity index (χ1n) is 8.64. The number of thioether (sulfide) groups is 1. The van der Waals surface area contributed by atoms with Gasteiger partial charge >= 0.3 is 0 Å². The fourth-order valence-electron chi connectivity index (χ4n) is 2.67. The summed E-state index contributed by atoms with van der Waals surface area (Å²) in [5, 5.41) is 5.25. The molecule has 0 bridgehead atoms. The molecule has 7 heteroatoms. The fraction of sp³-hybridized carbons (Fsp3) is 0.190.